The van der Waals surface area contributed by atoms with E-state index in [9.17, 15) is 9.59 Å². The van der Waals surface area contributed by atoms with Gasteiger partial charge in [0.05, 0.1) is 5.69 Å². The fourth-order valence-corrected chi connectivity index (χ4v) is 2.59. The minimum atomic E-state index is -0.752. The number of hydrogen-bond acceptors (Lipinski definition) is 2. The van der Waals surface area contributed by atoms with Crippen LogP contribution in [0.3, 0.4) is 0 Å². The van der Waals surface area contributed by atoms with Crippen molar-refractivity contribution in [2.45, 2.75) is 13.8 Å². The van der Waals surface area contributed by atoms with E-state index in [1.165, 1.54) is 0 Å². The number of anilines is 2. The lowest BCUT2D eigenvalue weighted by Gasteiger charge is -2.10. The van der Waals surface area contributed by atoms with E-state index >= 15 is 0 Å². The number of halogens is 2. The van der Waals surface area contributed by atoms with Crippen molar-refractivity contribution in [1.82, 2.24) is 0 Å². The number of nitrogens with one attached hydrogen (secondary N) is 2. The lowest BCUT2D eigenvalue weighted by molar-refractivity contribution is -0.133. The number of rotatable bonds is 2. The molecule has 0 aliphatic heterocycles. The van der Waals surface area contributed by atoms with Gasteiger partial charge in [0.2, 0.25) is 0 Å². The zero-order valence-corrected chi connectivity index (χ0v) is 14.4. The van der Waals surface area contributed by atoms with Gasteiger partial charge in [-0.15, -0.1) is 0 Å². The number of carbonyl (C=O) groups excluding carboxylic acids is 2. The number of amides is 2. The fourth-order valence-electron chi connectivity index (χ4n) is 1.82. The van der Waals surface area contributed by atoms with E-state index in [1.54, 1.807) is 31.2 Å². The number of carbonyl (C=O) groups is 2. The molecule has 4 nitrogen and oxygen atoms in total. The van der Waals surface area contributed by atoms with Gasteiger partial charge in [0.1, 0.15) is 0 Å². The zero-order chi connectivity index (χ0) is 16.3. The van der Waals surface area contributed by atoms with Gasteiger partial charge in [-0.25, -0.2) is 0 Å². The number of aryl methyl sites for hydroxylation is 1. The van der Waals surface area contributed by atoms with Crippen LogP contribution < -0.4 is 10.6 Å². The summed E-state index contributed by atoms with van der Waals surface area (Å²) in [5.74, 6) is -1.50. The highest BCUT2D eigenvalue weighted by Crippen LogP contribution is 2.24. The van der Waals surface area contributed by atoms with Crippen LogP contribution in [0.25, 0.3) is 0 Å². The van der Waals surface area contributed by atoms with Crippen LogP contribution in [-0.2, 0) is 9.59 Å². The Morgan fingerprint density at radius 3 is 2.27 bits per heavy atom. The first kappa shape index (κ1) is 16.5. The molecule has 2 amide bonds. The second kappa shape index (κ2) is 6.94. The second-order valence-electron chi connectivity index (χ2n) is 4.80. The van der Waals surface area contributed by atoms with Crippen LogP contribution in [0, 0.1) is 13.8 Å². The third-order valence-corrected chi connectivity index (χ3v) is 4.16. The Labute approximate surface area is 142 Å². The molecule has 0 radical (unpaired) electrons. The lowest BCUT2D eigenvalue weighted by Crippen LogP contribution is -2.29. The molecule has 114 valence electrons. The Balaban J connectivity index is 2.09. The summed E-state index contributed by atoms with van der Waals surface area (Å²) in [6.45, 7) is 3.71. The van der Waals surface area contributed by atoms with Crippen molar-refractivity contribution < 1.29 is 9.59 Å². The van der Waals surface area contributed by atoms with E-state index in [0.29, 0.717) is 26.4 Å². The highest BCUT2D eigenvalue weighted by atomic mass is 79.9. The Morgan fingerprint density at radius 1 is 1.00 bits per heavy atom. The highest BCUT2D eigenvalue weighted by molar-refractivity contribution is 9.10. The summed E-state index contributed by atoms with van der Waals surface area (Å²) in [6.07, 6.45) is 0. The van der Waals surface area contributed by atoms with Gasteiger partial charge in [0.25, 0.3) is 0 Å². The van der Waals surface area contributed by atoms with Crippen LogP contribution in [0.1, 0.15) is 11.1 Å². The third-order valence-electron chi connectivity index (χ3n) is 3.09. The Hall–Kier alpha value is -1.85. The average Bonchev–Trinajstić information content (AvgIpc) is 2.46. The molecule has 0 aromatic heterocycles. The van der Waals surface area contributed by atoms with E-state index in [-0.39, 0.29) is 0 Å². The molecule has 2 N–H and O–H groups in total. The van der Waals surface area contributed by atoms with Gasteiger partial charge in [-0.05, 0) is 65.2 Å². The summed E-state index contributed by atoms with van der Waals surface area (Å²) >= 11 is 9.33. The molecule has 0 heterocycles. The predicted octanol–water partition coefficient (Wildman–Crippen LogP) is 4.30. The minimum absolute atomic E-state index is 0.510. The summed E-state index contributed by atoms with van der Waals surface area (Å²) in [5, 5.41) is 5.64. The van der Waals surface area contributed by atoms with Crippen molar-refractivity contribution in [2.75, 3.05) is 10.6 Å². The molecule has 0 aliphatic carbocycles. The fraction of sp³-hybridized carbons (Fsp3) is 0.125. The van der Waals surface area contributed by atoms with Crippen molar-refractivity contribution >= 4 is 50.7 Å². The Kier molecular flexibility index (Phi) is 5.21. The number of hydrogen-bond donors (Lipinski definition) is 2. The van der Waals surface area contributed by atoms with Gasteiger partial charge in [-0.3, -0.25) is 9.59 Å². The largest absolute Gasteiger partial charge is 0.317 e. The van der Waals surface area contributed by atoms with E-state index in [2.05, 4.69) is 26.6 Å². The van der Waals surface area contributed by atoms with Crippen LogP contribution in [0.4, 0.5) is 11.4 Å². The third kappa shape index (κ3) is 3.87. The van der Waals surface area contributed by atoms with Crippen LogP contribution >= 0.6 is 27.5 Å². The van der Waals surface area contributed by atoms with Gasteiger partial charge in [0.15, 0.2) is 0 Å². The van der Waals surface area contributed by atoms with Crippen molar-refractivity contribution in [3.8, 4) is 0 Å². The average molecular weight is 382 g/mol. The predicted molar refractivity (Wildman–Crippen MR) is 92.3 cm³/mol. The summed E-state index contributed by atoms with van der Waals surface area (Å²) in [4.78, 5) is 24.0. The maximum Gasteiger partial charge on any atom is 0.314 e. The molecule has 22 heavy (non-hydrogen) atoms. The molecular formula is C16H14BrClN2O2. The van der Waals surface area contributed by atoms with Crippen molar-refractivity contribution in [2.24, 2.45) is 0 Å². The second-order valence-corrected chi connectivity index (χ2v) is 6.07. The Bertz CT molecular complexity index is 747. The molecule has 0 saturated heterocycles. The van der Waals surface area contributed by atoms with Gasteiger partial charge in [0, 0.05) is 15.2 Å². The topological polar surface area (TPSA) is 58.2 Å². The van der Waals surface area contributed by atoms with E-state index in [0.717, 1.165) is 5.56 Å². The first-order valence-corrected chi connectivity index (χ1v) is 7.69. The molecule has 0 saturated carbocycles. The molecule has 6 heteroatoms. The molecule has 0 atom stereocenters. The summed E-state index contributed by atoms with van der Waals surface area (Å²) in [6, 6.07) is 10.5. The van der Waals surface area contributed by atoms with E-state index in [4.69, 9.17) is 11.6 Å². The van der Waals surface area contributed by atoms with E-state index in [1.807, 2.05) is 19.1 Å². The van der Waals surface area contributed by atoms with Crippen LogP contribution in [-0.4, -0.2) is 11.8 Å². The summed E-state index contributed by atoms with van der Waals surface area (Å²) < 4.78 is 0.715. The van der Waals surface area contributed by atoms with Gasteiger partial charge in [-0.1, -0.05) is 23.7 Å². The van der Waals surface area contributed by atoms with E-state index < -0.39 is 11.8 Å². The van der Waals surface area contributed by atoms with Crippen LogP contribution in [0.15, 0.2) is 40.9 Å². The molecular weight excluding hydrogens is 368 g/mol. The maximum absolute atomic E-state index is 12.0. The zero-order valence-electron chi connectivity index (χ0n) is 12.0. The van der Waals surface area contributed by atoms with Gasteiger partial charge in [-0.2, -0.15) is 0 Å². The standard InChI is InChI=1S/C16H14BrClN2O2/c1-9-6-7-14(11(17)8-9)20-16(22)15(21)19-13-5-3-4-12(18)10(13)2/h3-8H,1-2H3,(H,19,21)(H,20,22). The number of benzene rings is 2. The van der Waals surface area contributed by atoms with Gasteiger partial charge >= 0.3 is 11.8 Å². The van der Waals surface area contributed by atoms with Crippen LogP contribution in [0.2, 0.25) is 5.02 Å². The monoisotopic (exact) mass is 380 g/mol. The first-order valence-electron chi connectivity index (χ1n) is 6.52. The van der Waals surface area contributed by atoms with Crippen LogP contribution in [0.5, 0.6) is 0 Å². The molecule has 2 rings (SSSR count). The normalized spacial score (nSPS) is 10.2. The van der Waals surface area contributed by atoms with Crippen molar-refractivity contribution in [3.05, 3.63) is 57.0 Å². The lowest BCUT2D eigenvalue weighted by atomic mass is 10.2. The van der Waals surface area contributed by atoms with Gasteiger partial charge < -0.3 is 10.6 Å². The molecule has 0 bridgehead atoms. The molecule has 0 fully saturated rings. The van der Waals surface area contributed by atoms with Crippen molar-refractivity contribution in [1.29, 1.82) is 0 Å². The SMILES string of the molecule is Cc1ccc(NC(=O)C(=O)Nc2cccc(Cl)c2C)c(Br)c1. The smallest absolute Gasteiger partial charge is 0.314 e. The first-order chi connectivity index (χ1) is 10.4. The molecule has 0 spiro atoms. The minimum Gasteiger partial charge on any atom is -0.317 e. The molecule has 2 aromatic carbocycles. The quantitative estimate of drug-likeness (QED) is 0.762. The Morgan fingerprint density at radius 2 is 1.64 bits per heavy atom. The summed E-state index contributed by atoms with van der Waals surface area (Å²) in [5.41, 5.74) is 2.80. The highest BCUT2D eigenvalue weighted by Gasteiger charge is 2.16. The maximum atomic E-state index is 12.0. The molecule has 2 aromatic rings. The summed E-state index contributed by atoms with van der Waals surface area (Å²) in [7, 11) is 0. The van der Waals surface area contributed by atoms with Crippen molar-refractivity contribution in [3.63, 3.8) is 0 Å². The molecule has 0 unspecified atom stereocenters. The molecule has 0 aliphatic rings.